The summed E-state index contributed by atoms with van der Waals surface area (Å²) in [6.07, 6.45) is -5.62. The summed E-state index contributed by atoms with van der Waals surface area (Å²) in [4.78, 5) is 54.0. The highest BCUT2D eigenvalue weighted by molar-refractivity contribution is 5.97. The Kier molecular flexibility index (Phi) is 10.4. The normalized spacial score (nSPS) is 21.2. The molecule has 212 valence electrons. The molecule has 2 saturated heterocycles. The van der Waals surface area contributed by atoms with Gasteiger partial charge in [-0.15, -0.1) is 0 Å². The van der Waals surface area contributed by atoms with Gasteiger partial charge in [0.1, 0.15) is 12.1 Å². The molecule has 2 N–H and O–H groups in total. The van der Waals surface area contributed by atoms with Gasteiger partial charge in [0.25, 0.3) is 0 Å². The molecule has 14 heteroatoms. The molecule has 0 aromatic carbocycles. The Morgan fingerprint density at radius 3 is 1.97 bits per heavy atom. The summed E-state index contributed by atoms with van der Waals surface area (Å²) in [5.41, 5.74) is 0. The van der Waals surface area contributed by atoms with Gasteiger partial charge in [0.15, 0.2) is 0 Å². The maximum Gasteiger partial charge on any atom is 0.461 e. The quantitative estimate of drug-likeness (QED) is 0.404. The minimum Gasteiger partial charge on any atom is -0.379 e. The number of likely N-dealkylation sites (tertiary alicyclic amines) is 1. The minimum atomic E-state index is -6.11. The van der Waals surface area contributed by atoms with Crippen molar-refractivity contribution >= 4 is 23.5 Å². The lowest BCUT2D eigenvalue weighted by Gasteiger charge is -2.33. The lowest BCUT2D eigenvalue weighted by atomic mass is 9.95. The third kappa shape index (κ3) is 7.59. The lowest BCUT2D eigenvalue weighted by Crippen LogP contribution is -2.60. The van der Waals surface area contributed by atoms with E-state index in [9.17, 15) is 41.1 Å². The summed E-state index contributed by atoms with van der Waals surface area (Å²) in [6.45, 7) is 8.13. The van der Waals surface area contributed by atoms with Crippen LogP contribution in [0.3, 0.4) is 0 Å². The second-order valence-corrected chi connectivity index (χ2v) is 10.0. The van der Waals surface area contributed by atoms with Crippen molar-refractivity contribution in [2.75, 3.05) is 39.4 Å². The van der Waals surface area contributed by atoms with E-state index in [4.69, 9.17) is 4.74 Å². The number of morpholine rings is 1. The highest BCUT2D eigenvalue weighted by atomic mass is 19.4. The monoisotopic (exact) mass is 542 g/mol. The smallest absolute Gasteiger partial charge is 0.379 e. The van der Waals surface area contributed by atoms with Crippen LogP contribution in [0.5, 0.6) is 0 Å². The molecule has 0 bridgehead atoms. The molecule has 0 radical (unpaired) electrons. The Bertz CT molecular complexity index is 846. The van der Waals surface area contributed by atoms with E-state index >= 15 is 0 Å². The molecule has 3 amide bonds. The summed E-state index contributed by atoms with van der Waals surface area (Å²) < 4.78 is 70.9. The Morgan fingerprint density at radius 1 is 0.892 bits per heavy atom. The molecule has 0 unspecified atom stereocenters. The summed E-state index contributed by atoms with van der Waals surface area (Å²) in [6, 6.07) is -4.28. The Hall–Kier alpha value is -2.35. The van der Waals surface area contributed by atoms with Gasteiger partial charge in [-0.1, -0.05) is 27.7 Å². The molecule has 0 saturated carbocycles. The van der Waals surface area contributed by atoms with Crippen LogP contribution in [0.15, 0.2) is 0 Å². The van der Waals surface area contributed by atoms with E-state index < -0.39 is 59.6 Å². The molecule has 2 rings (SSSR count). The van der Waals surface area contributed by atoms with Crippen molar-refractivity contribution in [2.24, 2.45) is 11.8 Å². The van der Waals surface area contributed by atoms with E-state index in [2.05, 4.69) is 5.32 Å². The van der Waals surface area contributed by atoms with Crippen LogP contribution < -0.4 is 10.6 Å². The number of ketones is 1. The molecule has 2 aliphatic rings. The van der Waals surface area contributed by atoms with Crippen LogP contribution in [0, 0.1) is 11.8 Å². The van der Waals surface area contributed by atoms with E-state index in [0.717, 1.165) is 0 Å². The van der Waals surface area contributed by atoms with Gasteiger partial charge in [-0.05, 0) is 24.7 Å². The van der Waals surface area contributed by atoms with Gasteiger partial charge in [0.05, 0.1) is 25.8 Å². The summed E-state index contributed by atoms with van der Waals surface area (Å²) in [7, 11) is 0. The average Bonchev–Trinajstić information content (AvgIpc) is 3.29. The first kappa shape index (κ1) is 30.9. The molecule has 2 fully saturated rings. The fraction of sp³-hybridized carbons (Fsp3) is 0.826. The predicted octanol–water partition coefficient (Wildman–Crippen LogP) is 1.36. The minimum absolute atomic E-state index is 0.0510. The van der Waals surface area contributed by atoms with E-state index in [1.165, 1.54) is 18.7 Å². The van der Waals surface area contributed by atoms with Gasteiger partial charge < -0.3 is 20.3 Å². The van der Waals surface area contributed by atoms with Crippen molar-refractivity contribution in [3.63, 3.8) is 0 Å². The van der Waals surface area contributed by atoms with E-state index in [1.807, 2.05) is 10.2 Å². The second-order valence-electron chi connectivity index (χ2n) is 10.0. The van der Waals surface area contributed by atoms with E-state index in [-0.39, 0.29) is 25.4 Å². The fourth-order valence-corrected chi connectivity index (χ4v) is 4.30. The molecule has 9 nitrogen and oxygen atoms in total. The number of nitrogens with one attached hydrogen (secondary N) is 2. The SMILES string of the molecule is CC(C)[C@H](NC(=O)CN1CCOCC1)C(=O)N1CCC[C@H]1C(=O)N[C@H](C(=O)C(F)(F)C(F)(F)F)C(C)C. The number of rotatable bonds is 10. The molecular formula is C23H35F5N4O5. The number of nitrogens with zero attached hydrogens (tertiary/aromatic N) is 2. The molecular weight excluding hydrogens is 507 g/mol. The number of alkyl halides is 5. The van der Waals surface area contributed by atoms with Crippen LogP contribution >= 0.6 is 0 Å². The van der Waals surface area contributed by atoms with Crippen molar-refractivity contribution in [3.8, 4) is 0 Å². The zero-order valence-corrected chi connectivity index (χ0v) is 21.4. The van der Waals surface area contributed by atoms with Crippen LogP contribution in [0.2, 0.25) is 0 Å². The lowest BCUT2D eigenvalue weighted by molar-refractivity contribution is -0.270. The second kappa shape index (κ2) is 12.5. The number of hydrogen-bond acceptors (Lipinski definition) is 6. The van der Waals surface area contributed by atoms with Crippen molar-refractivity contribution < 1.29 is 45.9 Å². The molecule has 0 aliphatic carbocycles. The maximum atomic E-state index is 13.7. The highest BCUT2D eigenvalue weighted by Gasteiger charge is 2.64. The number of carbonyl (C=O) groups excluding carboxylic acids is 4. The Balaban J connectivity index is 2.12. The molecule has 2 aliphatic heterocycles. The van der Waals surface area contributed by atoms with Gasteiger partial charge in [0, 0.05) is 19.6 Å². The molecule has 37 heavy (non-hydrogen) atoms. The number of carbonyl (C=O) groups is 4. The third-order valence-corrected chi connectivity index (χ3v) is 6.47. The van der Waals surface area contributed by atoms with Gasteiger partial charge in [0.2, 0.25) is 23.5 Å². The molecule has 0 aromatic rings. The Labute approximate surface area is 212 Å². The first-order chi connectivity index (χ1) is 17.1. The molecule has 2 heterocycles. The number of hydrogen-bond donors (Lipinski definition) is 2. The highest BCUT2D eigenvalue weighted by Crippen LogP contribution is 2.37. The topological polar surface area (TPSA) is 108 Å². The third-order valence-electron chi connectivity index (χ3n) is 6.47. The number of amides is 3. The number of ether oxygens (including phenoxy) is 1. The van der Waals surface area contributed by atoms with Crippen LogP contribution in [-0.2, 0) is 23.9 Å². The summed E-state index contributed by atoms with van der Waals surface area (Å²) in [5.74, 6) is -11.5. The van der Waals surface area contributed by atoms with Crippen LogP contribution in [0.1, 0.15) is 40.5 Å². The van der Waals surface area contributed by atoms with Crippen molar-refractivity contribution in [3.05, 3.63) is 0 Å². The zero-order chi connectivity index (χ0) is 28.1. The molecule has 0 aromatic heterocycles. The summed E-state index contributed by atoms with van der Waals surface area (Å²) >= 11 is 0. The van der Waals surface area contributed by atoms with Gasteiger partial charge in [-0.25, -0.2) is 0 Å². The van der Waals surface area contributed by atoms with Crippen molar-refractivity contribution in [1.82, 2.24) is 20.4 Å². The first-order valence-electron chi connectivity index (χ1n) is 12.3. The van der Waals surface area contributed by atoms with E-state index in [0.29, 0.717) is 32.7 Å². The number of halogens is 5. The fourth-order valence-electron chi connectivity index (χ4n) is 4.30. The number of Topliss-reactive ketones (excluding diaryl/α,β-unsaturated/α-hetero) is 1. The summed E-state index contributed by atoms with van der Waals surface area (Å²) in [5, 5.41) is 4.71. The van der Waals surface area contributed by atoms with Crippen LogP contribution in [-0.4, -0.2) is 103 Å². The van der Waals surface area contributed by atoms with Gasteiger partial charge in [-0.2, -0.15) is 22.0 Å². The van der Waals surface area contributed by atoms with Crippen LogP contribution in [0.4, 0.5) is 22.0 Å². The van der Waals surface area contributed by atoms with Gasteiger partial charge in [-0.3, -0.25) is 24.1 Å². The standard InChI is InChI=1S/C23H35F5N4O5/c1-13(2)17(19(34)22(24,25)23(26,27)28)30-20(35)15-6-5-7-32(15)21(36)18(14(3)4)29-16(33)12-31-8-10-37-11-9-31/h13-15,17-18H,5-12H2,1-4H3,(H,29,33)(H,30,35)/t15-,17-,18-/m0/s1. The largest absolute Gasteiger partial charge is 0.461 e. The predicted molar refractivity (Wildman–Crippen MR) is 122 cm³/mol. The maximum absolute atomic E-state index is 13.7. The van der Waals surface area contributed by atoms with Crippen molar-refractivity contribution in [2.45, 2.75) is 70.8 Å². The zero-order valence-electron chi connectivity index (χ0n) is 21.4. The van der Waals surface area contributed by atoms with Gasteiger partial charge >= 0.3 is 12.1 Å². The molecule has 0 spiro atoms. The first-order valence-corrected chi connectivity index (χ1v) is 12.3. The van der Waals surface area contributed by atoms with E-state index in [1.54, 1.807) is 13.8 Å². The Morgan fingerprint density at radius 2 is 1.46 bits per heavy atom. The molecule has 3 atom stereocenters. The van der Waals surface area contributed by atoms with Crippen LogP contribution in [0.25, 0.3) is 0 Å². The van der Waals surface area contributed by atoms with Crippen molar-refractivity contribution in [1.29, 1.82) is 0 Å². The average molecular weight is 543 g/mol.